The van der Waals surface area contributed by atoms with Crippen LogP contribution in [0.25, 0.3) is 11.0 Å². The fourth-order valence-electron chi connectivity index (χ4n) is 2.51. The third kappa shape index (κ3) is 1.97. The topological polar surface area (TPSA) is 30.2 Å². The maximum Gasteiger partial charge on any atom is 0.151 e. The molecule has 0 bridgehead atoms. The third-order valence-corrected chi connectivity index (χ3v) is 3.55. The minimum absolute atomic E-state index is 0.523. The summed E-state index contributed by atoms with van der Waals surface area (Å²) in [6.07, 6.45) is 7.06. The highest BCUT2D eigenvalue weighted by atomic mass is 15.1. The SMILES string of the molecule is Cn1c(C=NC2CCCC2)nc2ccccc21. The Morgan fingerprint density at radius 3 is 2.82 bits per heavy atom. The number of rotatable bonds is 2. The van der Waals surface area contributed by atoms with Crippen LogP contribution < -0.4 is 0 Å². The van der Waals surface area contributed by atoms with Crippen LogP contribution in [0.15, 0.2) is 29.3 Å². The first kappa shape index (κ1) is 10.5. The molecule has 0 saturated heterocycles. The molecule has 1 aromatic heterocycles. The molecule has 0 spiro atoms. The van der Waals surface area contributed by atoms with Gasteiger partial charge in [-0.2, -0.15) is 0 Å². The predicted molar refractivity (Wildman–Crippen MR) is 70.6 cm³/mol. The van der Waals surface area contributed by atoms with Gasteiger partial charge < -0.3 is 4.57 Å². The average Bonchev–Trinajstić information content (AvgIpc) is 2.96. The number of aryl methyl sites for hydroxylation is 1. The van der Waals surface area contributed by atoms with E-state index >= 15 is 0 Å². The molecule has 1 aromatic carbocycles. The summed E-state index contributed by atoms with van der Waals surface area (Å²) in [7, 11) is 2.05. The lowest BCUT2D eigenvalue weighted by Gasteiger charge is -2.00. The normalized spacial score (nSPS) is 17.5. The Morgan fingerprint density at radius 1 is 1.29 bits per heavy atom. The van der Waals surface area contributed by atoms with E-state index in [1.165, 1.54) is 31.2 Å². The standard InChI is InChI=1S/C14H17N3/c1-17-13-9-5-4-8-12(13)16-14(17)10-15-11-6-2-3-7-11/h4-5,8-11H,2-3,6-7H2,1H3. The van der Waals surface area contributed by atoms with Crippen molar-refractivity contribution in [2.75, 3.05) is 0 Å². The fraction of sp³-hybridized carbons (Fsp3) is 0.429. The van der Waals surface area contributed by atoms with E-state index in [4.69, 9.17) is 0 Å². The van der Waals surface area contributed by atoms with Gasteiger partial charge in [0.25, 0.3) is 0 Å². The summed E-state index contributed by atoms with van der Waals surface area (Å²) in [5.74, 6) is 0.957. The van der Waals surface area contributed by atoms with Crippen LogP contribution in [0.1, 0.15) is 31.5 Å². The third-order valence-electron chi connectivity index (χ3n) is 3.55. The van der Waals surface area contributed by atoms with Crippen molar-refractivity contribution in [3.05, 3.63) is 30.1 Å². The minimum atomic E-state index is 0.523. The number of aromatic nitrogens is 2. The number of para-hydroxylation sites is 2. The summed E-state index contributed by atoms with van der Waals surface area (Å²) < 4.78 is 2.10. The lowest BCUT2D eigenvalue weighted by molar-refractivity contribution is 0.708. The highest BCUT2D eigenvalue weighted by molar-refractivity contribution is 5.84. The molecule has 88 valence electrons. The Bertz CT molecular complexity index is 548. The van der Waals surface area contributed by atoms with Crippen molar-refractivity contribution in [3.8, 4) is 0 Å². The second-order valence-electron chi connectivity index (χ2n) is 4.73. The smallest absolute Gasteiger partial charge is 0.151 e. The Morgan fingerprint density at radius 2 is 2.06 bits per heavy atom. The van der Waals surface area contributed by atoms with Gasteiger partial charge in [-0.15, -0.1) is 0 Å². The van der Waals surface area contributed by atoms with Crippen molar-refractivity contribution in [1.82, 2.24) is 9.55 Å². The van der Waals surface area contributed by atoms with E-state index in [1.54, 1.807) is 0 Å². The number of aliphatic imine (C=N–C) groups is 1. The molecule has 0 aliphatic heterocycles. The van der Waals surface area contributed by atoms with Gasteiger partial charge in [0.2, 0.25) is 0 Å². The quantitative estimate of drug-likeness (QED) is 0.725. The molecule has 1 heterocycles. The first-order chi connectivity index (χ1) is 8.34. The van der Waals surface area contributed by atoms with Crippen LogP contribution in [-0.4, -0.2) is 21.8 Å². The van der Waals surface area contributed by atoms with Gasteiger partial charge in [0, 0.05) is 7.05 Å². The monoisotopic (exact) mass is 227 g/mol. The van der Waals surface area contributed by atoms with Crippen molar-refractivity contribution < 1.29 is 0 Å². The van der Waals surface area contributed by atoms with Crippen molar-refractivity contribution in [3.63, 3.8) is 0 Å². The number of hydrogen-bond acceptors (Lipinski definition) is 2. The van der Waals surface area contributed by atoms with Crippen LogP contribution in [-0.2, 0) is 7.05 Å². The van der Waals surface area contributed by atoms with Gasteiger partial charge in [0.05, 0.1) is 23.3 Å². The zero-order valence-corrected chi connectivity index (χ0v) is 10.1. The summed E-state index contributed by atoms with van der Waals surface area (Å²) in [4.78, 5) is 9.23. The molecule has 3 nitrogen and oxygen atoms in total. The maximum atomic E-state index is 4.64. The molecule has 0 atom stereocenters. The second-order valence-corrected chi connectivity index (χ2v) is 4.73. The number of imidazole rings is 1. The second kappa shape index (κ2) is 4.32. The molecular weight excluding hydrogens is 210 g/mol. The van der Waals surface area contributed by atoms with E-state index in [0.29, 0.717) is 6.04 Å². The van der Waals surface area contributed by atoms with Crippen LogP contribution in [0.5, 0.6) is 0 Å². The van der Waals surface area contributed by atoms with Gasteiger partial charge in [-0.1, -0.05) is 25.0 Å². The van der Waals surface area contributed by atoms with Crippen molar-refractivity contribution in [1.29, 1.82) is 0 Å². The molecular formula is C14H17N3. The molecule has 1 aliphatic rings. The first-order valence-electron chi connectivity index (χ1n) is 6.29. The van der Waals surface area contributed by atoms with Crippen LogP contribution >= 0.6 is 0 Å². The summed E-state index contributed by atoms with van der Waals surface area (Å²) >= 11 is 0. The number of hydrogen-bond donors (Lipinski definition) is 0. The molecule has 0 radical (unpaired) electrons. The summed E-state index contributed by atoms with van der Waals surface area (Å²) in [6.45, 7) is 0. The van der Waals surface area contributed by atoms with Crippen LogP contribution in [0.3, 0.4) is 0 Å². The molecule has 1 fully saturated rings. The van der Waals surface area contributed by atoms with Crippen molar-refractivity contribution >= 4 is 17.2 Å². The maximum absolute atomic E-state index is 4.64. The van der Waals surface area contributed by atoms with Gasteiger partial charge in [-0.05, 0) is 25.0 Å². The molecule has 3 heteroatoms. The largest absolute Gasteiger partial charge is 0.326 e. The lowest BCUT2D eigenvalue weighted by atomic mass is 10.3. The highest BCUT2D eigenvalue weighted by Crippen LogP contribution is 2.21. The molecule has 17 heavy (non-hydrogen) atoms. The van der Waals surface area contributed by atoms with E-state index in [2.05, 4.69) is 20.6 Å². The first-order valence-corrected chi connectivity index (χ1v) is 6.29. The van der Waals surface area contributed by atoms with Crippen LogP contribution in [0.4, 0.5) is 0 Å². The molecule has 0 unspecified atom stereocenters. The van der Waals surface area contributed by atoms with Gasteiger partial charge in [-0.3, -0.25) is 4.99 Å². The number of nitrogens with zero attached hydrogens (tertiary/aromatic N) is 3. The molecule has 0 N–H and O–H groups in total. The summed E-state index contributed by atoms with van der Waals surface area (Å²) in [5.41, 5.74) is 2.21. The summed E-state index contributed by atoms with van der Waals surface area (Å²) in [5, 5.41) is 0. The molecule has 1 saturated carbocycles. The summed E-state index contributed by atoms with van der Waals surface area (Å²) in [6, 6.07) is 8.72. The predicted octanol–water partition coefficient (Wildman–Crippen LogP) is 2.93. The van der Waals surface area contributed by atoms with Gasteiger partial charge in [0.15, 0.2) is 5.82 Å². The van der Waals surface area contributed by atoms with Crippen LogP contribution in [0.2, 0.25) is 0 Å². The Hall–Kier alpha value is -1.64. The highest BCUT2D eigenvalue weighted by Gasteiger charge is 2.13. The van der Waals surface area contributed by atoms with E-state index in [9.17, 15) is 0 Å². The molecule has 0 amide bonds. The van der Waals surface area contributed by atoms with E-state index < -0.39 is 0 Å². The van der Waals surface area contributed by atoms with E-state index in [0.717, 1.165) is 11.3 Å². The molecule has 2 aromatic rings. The number of benzene rings is 1. The zero-order valence-electron chi connectivity index (χ0n) is 10.1. The fourth-order valence-corrected chi connectivity index (χ4v) is 2.51. The van der Waals surface area contributed by atoms with Crippen molar-refractivity contribution in [2.24, 2.45) is 12.0 Å². The number of fused-ring (bicyclic) bond motifs is 1. The van der Waals surface area contributed by atoms with E-state index in [-0.39, 0.29) is 0 Å². The van der Waals surface area contributed by atoms with Gasteiger partial charge in [0.1, 0.15) is 0 Å². The van der Waals surface area contributed by atoms with Crippen molar-refractivity contribution in [2.45, 2.75) is 31.7 Å². The van der Waals surface area contributed by atoms with E-state index in [1.807, 2.05) is 31.5 Å². The van der Waals surface area contributed by atoms with Gasteiger partial charge in [-0.25, -0.2) is 4.98 Å². The van der Waals surface area contributed by atoms with Gasteiger partial charge >= 0.3 is 0 Å². The zero-order chi connectivity index (χ0) is 11.7. The average molecular weight is 227 g/mol. The van der Waals surface area contributed by atoms with Crippen LogP contribution in [0, 0.1) is 0 Å². The Balaban J connectivity index is 1.92. The lowest BCUT2D eigenvalue weighted by Crippen LogP contribution is -2.01. The Labute approximate surface area is 101 Å². The minimum Gasteiger partial charge on any atom is -0.326 e. The molecule has 3 rings (SSSR count). The molecule has 1 aliphatic carbocycles. The Kier molecular flexibility index (Phi) is 2.67.